The van der Waals surface area contributed by atoms with Gasteiger partial charge in [-0.25, -0.2) is 0 Å². The van der Waals surface area contributed by atoms with Gasteiger partial charge in [0.05, 0.1) is 26.2 Å². The van der Waals surface area contributed by atoms with E-state index >= 15 is 0 Å². The topological polar surface area (TPSA) is 44.8 Å². The Hall–Kier alpha value is -1.55. The zero-order valence-corrected chi connectivity index (χ0v) is 10.2. The van der Waals surface area contributed by atoms with E-state index in [2.05, 4.69) is 4.74 Å². The Morgan fingerprint density at radius 3 is 2.59 bits per heavy atom. The minimum absolute atomic E-state index is 0.151. The average Bonchev–Trinajstić information content (AvgIpc) is 2.36. The first-order valence-electron chi connectivity index (χ1n) is 5.58. The lowest BCUT2D eigenvalue weighted by atomic mass is 10.3. The molecule has 1 aromatic carbocycles. The lowest BCUT2D eigenvalue weighted by Gasteiger charge is -2.12. The molecule has 0 aromatic heterocycles. The second-order valence-corrected chi connectivity index (χ2v) is 3.62. The molecule has 0 bridgehead atoms. The van der Waals surface area contributed by atoms with Gasteiger partial charge in [0.15, 0.2) is 0 Å². The van der Waals surface area contributed by atoms with Gasteiger partial charge in [0.25, 0.3) is 0 Å². The quantitative estimate of drug-likeness (QED) is 0.538. The third kappa shape index (κ3) is 5.92. The molecule has 4 nitrogen and oxygen atoms in total. The van der Waals surface area contributed by atoms with E-state index in [-0.39, 0.29) is 18.5 Å². The minimum Gasteiger partial charge on any atom is -0.491 e. The minimum atomic E-state index is -0.263. The SMILES string of the molecule is COC(=O)CC(C)OCCOc1ccccc1. The fourth-order valence-corrected chi connectivity index (χ4v) is 1.30. The van der Waals surface area contributed by atoms with E-state index in [9.17, 15) is 4.79 Å². The Kier molecular flexibility index (Phi) is 6.10. The van der Waals surface area contributed by atoms with E-state index in [1.807, 2.05) is 37.3 Å². The molecule has 4 heteroatoms. The molecule has 0 heterocycles. The maximum absolute atomic E-state index is 10.9. The molecule has 0 saturated carbocycles. The van der Waals surface area contributed by atoms with Gasteiger partial charge in [-0.05, 0) is 19.1 Å². The zero-order valence-electron chi connectivity index (χ0n) is 10.2. The molecule has 1 rings (SSSR count). The summed E-state index contributed by atoms with van der Waals surface area (Å²) < 4.78 is 15.4. The number of hydrogen-bond acceptors (Lipinski definition) is 4. The summed E-state index contributed by atoms with van der Waals surface area (Å²) in [5.41, 5.74) is 0. The normalized spacial score (nSPS) is 11.9. The van der Waals surface area contributed by atoms with Crippen molar-refractivity contribution in [1.82, 2.24) is 0 Å². The van der Waals surface area contributed by atoms with E-state index in [4.69, 9.17) is 9.47 Å². The molecule has 17 heavy (non-hydrogen) atoms. The molecule has 0 spiro atoms. The van der Waals surface area contributed by atoms with Gasteiger partial charge >= 0.3 is 5.97 Å². The number of carbonyl (C=O) groups excluding carboxylic acids is 1. The van der Waals surface area contributed by atoms with Crippen molar-refractivity contribution in [2.75, 3.05) is 20.3 Å². The highest BCUT2D eigenvalue weighted by molar-refractivity contribution is 5.69. The van der Waals surface area contributed by atoms with Crippen LogP contribution in [0, 0.1) is 0 Å². The van der Waals surface area contributed by atoms with Gasteiger partial charge < -0.3 is 14.2 Å². The highest BCUT2D eigenvalue weighted by Gasteiger charge is 2.08. The highest BCUT2D eigenvalue weighted by Crippen LogP contribution is 2.08. The maximum atomic E-state index is 10.9. The number of para-hydroxylation sites is 1. The summed E-state index contributed by atoms with van der Waals surface area (Å²) >= 11 is 0. The van der Waals surface area contributed by atoms with Crippen LogP contribution in [0.1, 0.15) is 13.3 Å². The Bertz CT molecular complexity index is 323. The standard InChI is InChI=1S/C13H18O4/c1-11(10-13(14)15-2)16-8-9-17-12-6-4-3-5-7-12/h3-7,11H,8-10H2,1-2H3. The van der Waals surface area contributed by atoms with E-state index in [0.29, 0.717) is 13.2 Å². The molecular weight excluding hydrogens is 220 g/mol. The first-order chi connectivity index (χ1) is 8.22. The third-order valence-electron chi connectivity index (χ3n) is 2.18. The van der Waals surface area contributed by atoms with Crippen LogP contribution in [0.2, 0.25) is 0 Å². The lowest BCUT2D eigenvalue weighted by Crippen LogP contribution is -2.18. The Balaban J connectivity index is 2.10. The number of methoxy groups -OCH3 is 1. The summed E-state index contributed by atoms with van der Waals surface area (Å²) in [6, 6.07) is 9.53. The van der Waals surface area contributed by atoms with Gasteiger partial charge in [0.2, 0.25) is 0 Å². The van der Waals surface area contributed by atoms with Crippen LogP contribution >= 0.6 is 0 Å². The van der Waals surface area contributed by atoms with Gasteiger partial charge in [-0.15, -0.1) is 0 Å². The van der Waals surface area contributed by atoms with Gasteiger partial charge in [-0.3, -0.25) is 4.79 Å². The van der Waals surface area contributed by atoms with Gasteiger partial charge in [0.1, 0.15) is 12.4 Å². The maximum Gasteiger partial charge on any atom is 0.308 e. The number of benzene rings is 1. The Morgan fingerprint density at radius 1 is 1.24 bits per heavy atom. The Labute approximate surface area is 101 Å². The second-order valence-electron chi connectivity index (χ2n) is 3.62. The lowest BCUT2D eigenvalue weighted by molar-refractivity contribution is -0.143. The van der Waals surface area contributed by atoms with Crippen LogP contribution in [-0.4, -0.2) is 32.4 Å². The predicted octanol–water partition coefficient (Wildman–Crippen LogP) is 2.03. The van der Waals surface area contributed by atoms with E-state index in [1.165, 1.54) is 7.11 Å². The van der Waals surface area contributed by atoms with Crippen molar-refractivity contribution in [3.05, 3.63) is 30.3 Å². The van der Waals surface area contributed by atoms with Crippen LogP contribution in [0.3, 0.4) is 0 Å². The van der Waals surface area contributed by atoms with Crippen molar-refractivity contribution < 1.29 is 19.0 Å². The van der Waals surface area contributed by atoms with Crippen LogP contribution in [0.5, 0.6) is 5.75 Å². The molecular formula is C13H18O4. The molecule has 0 N–H and O–H groups in total. The number of ether oxygens (including phenoxy) is 3. The summed E-state index contributed by atoms with van der Waals surface area (Å²) in [6.45, 7) is 2.75. The first-order valence-corrected chi connectivity index (χ1v) is 5.58. The van der Waals surface area contributed by atoms with Crippen LogP contribution in [0.25, 0.3) is 0 Å². The first kappa shape index (κ1) is 13.5. The summed E-state index contributed by atoms with van der Waals surface area (Å²) in [7, 11) is 1.37. The Morgan fingerprint density at radius 2 is 1.94 bits per heavy atom. The molecule has 0 aliphatic carbocycles. The number of rotatable bonds is 7. The molecule has 1 unspecified atom stereocenters. The number of carbonyl (C=O) groups is 1. The van der Waals surface area contributed by atoms with Gasteiger partial charge in [0, 0.05) is 0 Å². The molecule has 1 aromatic rings. The van der Waals surface area contributed by atoms with Crippen molar-refractivity contribution in [3.63, 3.8) is 0 Å². The van der Waals surface area contributed by atoms with Crippen LogP contribution < -0.4 is 4.74 Å². The predicted molar refractivity (Wildman–Crippen MR) is 64.0 cm³/mol. The third-order valence-corrected chi connectivity index (χ3v) is 2.18. The molecule has 0 aliphatic rings. The molecule has 0 saturated heterocycles. The van der Waals surface area contributed by atoms with Crippen LogP contribution in [0.4, 0.5) is 0 Å². The molecule has 0 aliphatic heterocycles. The fraction of sp³-hybridized carbons (Fsp3) is 0.462. The molecule has 0 amide bonds. The summed E-state index contributed by atoms with van der Waals surface area (Å²) in [5, 5.41) is 0. The van der Waals surface area contributed by atoms with Crippen molar-refractivity contribution in [1.29, 1.82) is 0 Å². The summed E-state index contributed by atoms with van der Waals surface area (Å²) in [6.07, 6.45) is 0.115. The summed E-state index contributed by atoms with van der Waals surface area (Å²) in [5.74, 6) is 0.554. The van der Waals surface area contributed by atoms with E-state index in [1.54, 1.807) is 0 Å². The molecule has 0 fully saturated rings. The van der Waals surface area contributed by atoms with Crippen molar-refractivity contribution >= 4 is 5.97 Å². The second kappa shape index (κ2) is 7.68. The largest absolute Gasteiger partial charge is 0.491 e. The van der Waals surface area contributed by atoms with Gasteiger partial charge in [-0.1, -0.05) is 18.2 Å². The van der Waals surface area contributed by atoms with E-state index in [0.717, 1.165) is 5.75 Å². The highest BCUT2D eigenvalue weighted by atomic mass is 16.5. The van der Waals surface area contributed by atoms with Gasteiger partial charge in [-0.2, -0.15) is 0 Å². The zero-order chi connectivity index (χ0) is 12.5. The monoisotopic (exact) mass is 238 g/mol. The molecule has 1 atom stereocenters. The smallest absolute Gasteiger partial charge is 0.308 e. The number of hydrogen-bond donors (Lipinski definition) is 0. The van der Waals surface area contributed by atoms with Crippen molar-refractivity contribution in [2.45, 2.75) is 19.4 Å². The van der Waals surface area contributed by atoms with Crippen LogP contribution in [0.15, 0.2) is 30.3 Å². The number of esters is 1. The van der Waals surface area contributed by atoms with Crippen molar-refractivity contribution in [3.8, 4) is 5.75 Å². The fourth-order valence-electron chi connectivity index (χ4n) is 1.30. The van der Waals surface area contributed by atoms with Crippen molar-refractivity contribution in [2.24, 2.45) is 0 Å². The molecule has 0 radical (unpaired) electrons. The summed E-state index contributed by atoms with van der Waals surface area (Å²) in [4.78, 5) is 10.9. The average molecular weight is 238 g/mol. The molecule has 94 valence electrons. The van der Waals surface area contributed by atoms with E-state index < -0.39 is 0 Å². The van der Waals surface area contributed by atoms with Crippen LogP contribution in [-0.2, 0) is 14.3 Å².